The summed E-state index contributed by atoms with van der Waals surface area (Å²) in [4.78, 5) is 23.9. The van der Waals surface area contributed by atoms with Gasteiger partial charge in [-0.05, 0) is 65.2 Å². The summed E-state index contributed by atoms with van der Waals surface area (Å²) >= 11 is 12.1. The first kappa shape index (κ1) is 30.2. The number of carbonyl (C=O) groups is 1. The highest BCUT2D eigenvalue weighted by Gasteiger charge is 2.34. The molecule has 0 radical (unpaired) electrons. The smallest absolute Gasteiger partial charge is 0.367 e. The van der Waals surface area contributed by atoms with E-state index in [9.17, 15) is 18.0 Å². The fourth-order valence-corrected chi connectivity index (χ4v) is 6.02. The summed E-state index contributed by atoms with van der Waals surface area (Å²) in [6.07, 6.45) is -2.76. The van der Waals surface area contributed by atoms with Gasteiger partial charge in [0, 0.05) is 79.7 Å². The molecule has 0 bridgehead atoms. The third-order valence-corrected chi connectivity index (χ3v) is 8.55. The number of hydrogen-bond donors (Lipinski definition) is 1. The second-order valence-corrected chi connectivity index (χ2v) is 11.9. The van der Waals surface area contributed by atoms with Crippen LogP contribution in [0, 0.1) is 0 Å². The van der Waals surface area contributed by atoms with E-state index in [1.54, 1.807) is 6.20 Å². The van der Waals surface area contributed by atoms with Crippen molar-refractivity contribution in [2.75, 3.05) is 49.5 Å². The molecule has 0 atom stereocenters. The number of hydrogen-bond acceptors (Lipinski definition) is 5. The van der Waals surface area contributed by atoms with Crippen molar-refractivity contribution in [3.05, 3.63) is 111 Å². The fraction of sp³-hybridized carbons (Fsp3) is 0.273. The highest BCUT2D eigenvalue weighted by atomic mass is 35.5. The lowest BCUT2D eigenvalue weighted by Crippen LogP contribution is -2.48. The quantitative estimate of drug-likeness (QED) is 0.237. The first-order chi connectivity index (χ1) is 21.1. The lowest BCUT2D eigenvalue weighted by Gasteiger charge is -2.34. The number of amides is 1. The zero-order valence-electron chi connectivity index (χ0n) is 23.7. The summed E-state index contributed by atoms with van der Waals surface area (Å²) < 4.78 is 41.1. The van der Waals surface area contributed by atoms with Crippen LogP contribution in [-0.2, 0) is 19.3 Å². The molecule has 0 unspecified atom stereocenters. The predicted molar refractivity (Wildman–Crippen MR) is 168 cm³/mol. The molecule has 1 N–H and O–H groups in total. The van der Waals surface area contributed by atoms with Crippen LogP contribution in [-0.4, -0.2) is 60.0 Å². The number of nitrogens with one attached hydrogen (secondary N) is 1. The number of aromatic nitrogens is 1. The number of rotatable bonds is 6. The zero-order valence-corrected chi connectivity index (χ0v) is 25.3. The predicted octanol–water partition coefficient (Wildman–Crippen LogP) is 7.46. The molecule has 1 fully saturated rings. The Balaban J connectivity index is 1.13. The van der Waals surface area contributed by atoms with Gasteiger partial charge in [0.2, 0.25) is 0 Å². The molecular weight excluding hydrogens is 610 g/mol. The van der Waals surface area contributed by atoms with Gasteiger partial charge in [-0.1, -0.05) is 47.5 Å². The summed E-state index contributed by atoms with van der Waals surface area (Å²) in [6, 6.07) is 20.8. The molecule has 2 aliphatic rings. The minimum atomic E-state index is -4.49. The molecule has 3 heterocycles. The topological polar surface area (TPSA) is 51.7 Å². The van der Waals surface area contributed by atoms with Crippen LogP contribution < -0.4 is 10.2 Å². The van der Waals surface area contributed by atoms with Crippen LogP contribution in [0.1, 0.15) is 27.0 Å². The maximum absolute atomic E-state index is 13.7. The van der Waals surface area contributed by atoms with E-state index in [1.165, 1.54) is 17.7 Å². The fourth-order valence-electron chi connectivity index (χ4n) is 5.70. The number of benzene rings is 3. The molecule has 1 aromatic heterocycles. The van der Waals surface area contributed by atoms with Gasteiger partial charge in [0.15, 0.2) is 0 Å². The van der Waals surface area contributed by atoms with Crippen molar-refractivity contribution in [2.24, 2.45) is 0 Å². The van der Waals surface area contributed by atoms with Gasteiger partial charge in [-0.2, -0.15) is 13.2 Å². The Morgan fingerprint density at radius 3 is 2.23 bits per heavy atom. The third kappa shape index (κ3) is 6.80. The molecule has 11 heteroatoms. The molecule has 1 saturated heterocycles. The summed E-state index contributed by atoms with van der Waals surface area (Å²) in [6.45, 7) is 4.78. The van der Waals surface area contributed by atoms with Crippen LogP contribution >= 0.6 is 23.2 Å². The summed E-state index contributed by atoms with van der Waals surface area (Å²) in [7, 11) is 0. The molecule has 1 amide bonds. The number of piperazine rings is 1. The van der Waals surface area contributed by atoms with Crippen LogP contribution in [0.25, 0.3) is 11.1 Å². The Bertz CT molecular complexity index is 1640. The van der Waals surface area contributed by atoms with Gasteiger partial charge in [0.1, 0.15) is 5.82 Å². The number of halogens is 5. The van der Waals surface area contributed by atoms with Crippen LogP contribution in [0.2, 0.25) is 10.0 Å². The Morgan fingerprint density at radius 1 is 0.818 bits per heavy atom. The molecule has 44 heavy (non-hydrogen) atoms. The standard InChI is InChI=1S/C33H30Cl2F3N5O/c34-27-7-1-22(2-8-27)20-41-13-15-42(16-14-41)32(44)24-5-3-23(4-6-24)25-18-30-31(40-19-25)39-11-12-43(30)21-26-17-28(35)9-10-29(26)33(36,37)38/h1-10,17-19H,11-16,20-21H2,(H,39,40). The zero-order chi connectivity index (χ0) is 30.8. The van der Waals surface area contributed by atoms with Crippen molar-refractivity contribution < 1.29 is 18.0 Å². The van der Waals surface area contributed by atoms with Gasteiger partial charge < -0.3 is 15.1 Å². The Labute approximate surface area is 264 Å². The normalized spacial score (nSPS) is 15.6. The molecule has 2 aliphatic heterocycles. The molecule has 0 aliphatic carbocycles. The van der Waals surface area contributed by atoms with E-state index in [0.29, 0.717) is 48.3 Å². The summed E-state index contributed by atoms with van der Waals surface area (Å²) in [5.41, 5.74) is 3.57. The third-order valence-electron chi connectivity index (χ3n) is 8.06. The van der Waals surface area contributed by atoms with Gasteiger partial charge in [0.05, 0.1) is 11.3 Å². The second kappa shape index (κ2) is 12.7. The van der Waals surface area contributed by atoms with Crippen molar-refractivity contribution in [2.45, 2.75) is 19.3 Å². The molecule has 0 spiro atoms. The van der Waals surface area contributed by atoms with E-state index in [1.807, 2.05) is 64.4 Å². The second-order valence-electron chi connectivity index (χ2n) is 11.0. The van der Waals surface area contributed by atoms with E-state index in [4.69, 9.17) is 23.2 Å². The van der Waals surface area contributed by atoms with E-state index in [0.717, 1.165) is 36.8 Å². The van der Waals surface area contributed by atoms with E-state index in [2.05, 4.69) is 15.2 Å². The van der Waals surface area contributed by atoms with Crippen LogP contribution in [0.3, 0.4) is 0 Å². The average Bonchev–Trinajstić information content (AvgIpc) is 3.02. The average molecular weight is 641 g/mol. The van der Waals surface area contributed by atoms with Gasteiger partial charge in [-0.15, -0.1) is 0 Å². The SMILES string of the molecule is O=C(c1ccc(-c2cnc3c(c2)N(Cc2cc(Cl)ccc2C(F)(F)F)CCN3)cc1)N1CCN(Cc2ccc(Cl)cc2)CC1. The molecule has 6 rings (SSSR count). The van der Waals surface area contributed by atoms with Crippen molar-refractivity contribution in [1.82, 2.24) is 14.8 Å². The number of nitrogens with zero attached hydrogens (tertiary/aromatic N) is 4. The van der Waals surface area contributed by atoms with Crippen molar-refractivity contribution in [1.29, 1.82) is 0 Å². The number of fused-ring (bicyclic) bond motifs is 1. The number of pyridine rings is 1. The van der Waals surface area contributed by atoms with Crippen molar-refractivity contribution in [3.63, 3.8) is 0 Å². The van der Waals surface area contributed by atoms with Crippen LogP contribution in [0.15, 0.2) is 79.0 Å². The minimum absolute atomic E-state index is 0.0105. The van der Waals surface area contributed by atoms with Crippen molar-refractivity contribution in [3.8, 4) is 11.1 Å². The molecule has 4 aromatic rings. The van der Waals surface area contributed by atoms with Gasteiger partial charge >= 0.3 is 6.18 Å². The summed E-state index contributed by atoms with van der Waals surface area (Å²) in [5, 5.41) is 4.20. The Morgan fingerprint density at radius 2 is 1.52 bits per heavy atom. The van der Waals surface area contributed by atoms with Crippen molar-refractivity contribution >= 4 is 40.6 Å². The Hall–Kier alpha value is -3.79. The lowest BCUT2D eigenvalue weighted by atomic mass is 10.0. The number of carbonyl (C=O) groups excluding carboxylic acids is 1. The summed E-state index contributed by atoms with van der Waals surface area (Å²) in [5.74, 6) is 0.598. The molecule has 3 aromatic carbocycles. The maximum atomic E-state index is 13.7. The highest BCUT2D eigenvalue weighted by molar-refractivity contribution is 6.30. The number of alkyl halides is 3. The monoisotopic (exact) mass is 639 g/mol. The largest absolute Gasteiger partial charge is 0.416 e. The van der Waals surface area contributed by atoms with Crippen LogP contribution in [0.5, 0.6) is 0 Å². The number of anilines is 2. The molecule has 6 nitrogen and oxygen atoms in total. The van der Waals surface area contributed by atoms with Gasteiger partial charge in [-0.3, -0.25) is 9.69 Å². The van der Waals surface area contributed by atoms with E-state index in [-0.39, 0.29) is 23.0 Å². The van der Waals surface area contributed by atoms with Gasteiger partial charge in [-0.25, -0.2) is 4.98 Å². The first-order valence-corrected chi connectivity index (χ1v) is 15.1. The minimum Gasteiger partial charge on any atom is -0.367 e. The molecule has 228 valence electrons. The Kier molecular flexibility index (Phi) is 8.71. The van der Waals surface area contributed by atoms with Crippen LogP contribution in [0.4, 0.5) is 24.7 Å². The molecule has 0 saturated carbocycles. The van der Waals surface area contributed by atoms with E-state index < -0.39 is 11.7 Å². The highest BCUT2D eigenvalue weighted by Crippen LogP contribution is 2.37. The lowest BCUT2D eigenvalue weighted by molar-refractivity contribution is -0.138. The van der Waals surface area contributed by atoms with Gasteiger partial charge in [0.25, 0.3) is 5.91 Å². The van der Waals surface area contributed by atoms with E-state index >= 15 is 0 Å². The maximum Gasteiger partial charge on any atom is 0.416 e. The molecular formula is C33H30Cl2F3N5O. The first-order valence-electron chi connectivity index (χ1n) is 14.3.